The molecule has 2 aliphatic rings. The van der Waals surface area contributed by atoms with Gasteiger partial charge in [-0.25, -0.2) is 9.97 Å². The lowest BCUT2D eigenvalue weighted by molar-refractivity contribution is -0.133. The van der Waals surface area contributed by atoms with Crippen molar-refractivity contribution in [3.63, 3.8) is 0 Å². The van der Waals surface area contributed by atoms with E-state index in [0.717, 1.165) is 38.5 Å². The number of amides is 2. The smallest absolute Gasteiger partial charge is 0.290 e. The fourth-order valence-corrected chi connectivity index (χ4v) is 5.13. The average Bonchev–Trinajstić information content (AvgIpc) is 3.57. The maximum absolute atomic E-state index is 13.5. The predicted octanol–water partition coefficient (Wildman–Crippen LogP) is 1.24. The number of carbonyl (C=O) groups is 3. The van der Waals surface area contributed by atoms with Crippen molar-refractivity contribution in [3.05, 3.63) is 30.1 Å². The van der Waals surface area contributed by atoms with Crippen LogP contribution in [0, 0.1) is 11.3 Å². The van der Waals surface area contributed by atoms with Crippen LogP contribution in [0.2, 0.25) is 0 Å². The Kier molecular flexibility index (Phi) is 8.61. The molecule has 184 valence electrons. The number of fused-ring (bicyclic) bond motifs is 2. The quantitative estimate of drug-likeness (QED) is 0.359. The molecule has 34 heavy (non-hydrogen) atoms. The Morgan fingerprint density at radius 1 is 1.32 bits per heavy atom. The first kappa shape index (κ1) is 25.2. The maximum atomic E-state index is 13.5. The normalized spacial score (nSPS) is 22.9. The average molecular weight is 473 g/mol. The van der Waals surface area contributed by atoms with Crippen LogP contribution >= 0.6 is 0 Å². The lowest BCUT2D eigenvalue weighted by Gasteiger charge is -2.36. The van der Waals surface area contributed by atoms with Crippen molar-refractivity contribution in [2.45, 2.75) is 70.9 Å². The maximum Gasteiger partial charge on any atom is 0.290 e. The molecular weight excluding hydrogens is 440 g/mol. The number of aryl methyl sites for hydroxylation is 1. The first-order valence-corrected chi connectivity index (χ1v) is 11.6. The van der Waals surface area contributed by atoms with Gasteiger partial charge in [0.05, 0.1) is 11.0 Å². The zero-order valence-corrected chi connectivity index (χ0v) is 19.6. The molecule has 0 unspecified atom stereocenters. The number of nitrogens with one attached hydrogen (secondary N) is 2. The van der Waals surface area contributed by atoms with Gasteiger partial charge in [-0.1, -0.05) is 19.1 Å². The van der Waals surface area contributed by atoms with E-state index < -0.39 is 5.41 Å². The third kappa shape index (κ3) is 5.54. The van der Waals surface area contributed by atoms with Crippen LogP contribution in [0.3, 0.4) is 0 Å². The standard InChI is InChI=1S/C21H30N8O2.CH2O2/c1-14(2)7-8-21(20(31)24-9-3-4-18-25-27-28-26-18)10-16-5-6-17(21)29(16)19(30)15-11-22-13-23-12-15;2-1-3/h11-14,16-17H,3-10H2,1-2H3,(H,24,31)(H,25,26,27,28);1H,(H,2,3)/t16-,17+,21+;/m1./s1. The summed E-state index contributed by atoms with van der Waals surface area (Å²) in [5.41, 5.74) is -0.0514. The largest absolute Gasteiger partial charge is 0.483 e. The first-order valence-electron chi connectivity index (χ1n) is 11.6. The van der Waals surface area contributed by atoms with E-state index in [-0.39, 0.29) is 30.4 Å². The van der Waals surface area contributed by atoms with Gasteiger partial charge in [0.25, 0.3) is 12.4 Å². The number of H-pyrrole nitrogens is 1. The fourth-order valence-electron chi connectivity index (χ4n) is 5.13. The van der Waals surface area contributed by atoms with Crippen molar-refractivity contribution >= 4 is 18.3 Å². The number of nitrogens with zero attached hydrogens (tertiary/aromatic N) is 6. The highest BCUT2D eigenvalue weighted by Gasteiger charge is 2.60. The van der Waals surface area contributed by atoms with Crippen LogP contribution < -0.4 is 5.32 Å². The molecule has 0 spiro atoms. The molecule has 2 aromatic rings. The van der Waals surface area contributed by atoms with Gasteiger partial charge in [-0.2, -0.15) is 5.21 Å². The second-order valence-electron chi connectivity index (χ2n) is 9.17. The first-order chi connectivity index (χ1) is 16.4. The molecule has 3 N–H and O–H groups in total. The molecule has 2 amide bonds. The summed E-state index contributed by atoms with van der Waals surface area (Å²) >= 11 is 0. The Morgan fingerprint density at radius 2 is 2.06 bits per heavy atom. The molecule has 2 bridgehead atoms. The number of aromatic amines is 1. The van der Waals surface area contributed by atoms with Gasteiger partial charge in [-0.05, 0) is 44.4 Å². The number of tetrazole rings is 1. The minimum atomic E-state index is -0.537. The third-order valence-corrected chi connectivity index (χ3v) is 6.65. The molecule has 12 nitrogen and oxygen atoms in total. The van der Waals surface area contributed by atoms with Gasteiger partial charge in [0.15, 0.2) is 5.82 Å². The van der Waals surface area contributed by atoms with Gasteiger partial charge in [0.1, 0.15) is 6.33 Å². The van der Waals surface area contributed by atoms with Crippen LogP contribution in [0.1, 0.15) is 68.6 Å². The Labute approximate surface area is 197 Å². The van der Waals surface area contributed by atoms with Crippen molar-refractivity contribution in [1.29, 1.82) is 0 Å². The van der Waals surface area contributed by atoms with Crippen molar-refractivity contribution in [2.75, 3.05) is 6.54 Å². The fraction of sp³-hybridized carbons (Fsp3) is 0.636. The Balaban J connectivity index is 0.00000103. The summed E-state index contributed by atoms with van der Waals surface area (Å²) in [6, 6.07) is 0.0103. The third-order valence-electron chi connectivity index (χ3n) is 6.65. The molecule has 2 aromatic heterocycles. The number of rotatable bonds is 9. The van der Waals surface area contributed by atoms with Gasteiger partial charge < -0.3 is 15.3 Å². The van der Waals surface area contributed by atoms with Gasteiger partial charge in [0.2, 0.25) is 5.91 Å². The highest BCUT2D eigenvalue weighted by atomic mass is 16.3. The Hall–Kier alpha value is -3.44. The van der Waals surface area contributed by atoms with Crippen molar-refractivity contribution in [3.8, 4) is 0 Å². The van der Waals surface area contributed by atoms with Gasteiger partial charge in [-0.3, -0.25) is 14.4 Å². The lowest BCUT2D eigenvalue weighted by atomic mass is 9.69. The Morgan fingerprint density at radius 3 is 2.71 bits per heavy atom. The minimum Gasteiger partial charge on any atom is -0.483 e. The van der Waals surface area contributed by atoms with Crippen molar-refractivity contribution in [2.24, 2.45) is 11.3 Å². The molecule has 3 atom stereocenters. The summed E-state index contributed by atoms with van der Waals surface area (Å²) in [6.07, 6.45) is 10.2. The summed E-state index contributed by atoms with van der Waals surface area (Å²) in [7, 11) is 0. The molecular formula is C22H32N8O4. The minimum absolute atomic E-state index is 0.0653. The van der Waals surface area contributed by atoms with Crippen LogP contribution in [0.5, 0.6) is 0 Å². The number of aromatic nitrogens is 6. The van der Waals surface area contributed by atoms with E-state index in [9.17, 15) is 9.59 Å². The molecule has 0 aliphatic carbocycles. The molecule has 2 saturated heterocycles. The van der Waals surface area contributed by atoms with Gasteiger partial charge in [0, 0.05) is 37.4 Å². The van der Waals surface area contributed by atoms with E-state index in [2.05, 4.69) is 49.8 Å². The Bertz CT molecular complexity index is 940. The number of hydrogen-bond donors (Lipinski definition) is 3. The molecule has 4 rings (SSSR count). The SMILES string of the molecule is CC(C)CC[C@]1(C(=O)NCCCc2nn[nH]n2)C[C@H]2CC[C@@H]1N2C(=O)c1cncnc1.O=CO. The summed E-state index contributed by atoms with van der Waals surface area (Å²) in [5, 5.41) is 23.9. The van der Waals surface area contributed by atoms with Crippen LogP contribution in [-0.2, 0) is 16.0 Å². The van der Waals surface area contributed by atoms with Crippen LogP contribution in [-0.4, -0.2) is 77.5 Å². The van der Waals surface area contributed by atoms with E-state index in [1.807, 2.05) is 4.90 Å². The molecule has 0 aromatic carbocycles. The molecule has 12 heteroatoms. The van der Waals surface area contributed by atoms with Crippen LogP contribution in [0.25, 0.3) is 0 Å². The molecule has 0 radical (unpaired) electrons. The highest BCUT2D eigenvalue weighted by molar-refractivity contribution is 5.96. The monoisotopic (exact) mass is 472 g/mol. The molecule has 0 saturated carbocycles. The highest BCUT2D eigenvalue weighted by Crippen LogP contribution is 2.53. The topological polar surface area (TPSA) is 167 Å². The number of carbonyl (C=O) groups excluding carboxylic acids is 2. The van der Waals surface area contributed by atoms with E-state index in [1.165, 1.54) is 6.33 Å². The zero-order chi connectivity index (χ0) is 24.6. The van der Waals surface area contributed by atoms with Crippen LogP contribution in [0.15, 0.2) is 18.7 Å². The second kappa shape index (κ2) is 11.6. The molecule has 4 heterocycles. The zero-order valence-electron chi connectivity index (χ0n) is 19.6. The summed E-state index contributed by atoms with van der Waals surface area (Å²) in [5.74, 6) is 1.14. The summed E-state index contributed by atoms with van der Waals surface area (Å²) < 4.78 is 0. The predicted molar refractivity (Wildman–Crippen MR) is 120 cm³/mol. The van der Waals surface area contributed by atoms with Gasteiger partial charge in [-0.15, -0.1) is 10.2 Å². The van der Waals surface area contributed by atoms with E-state index in [0.29, 0.717) is 30.3 Å². The lowest BCUT2D eigenvalue weighted by Crippen LogP contribution is -2.50. The van der Waals surface area contributed by atoms with E-state index >= 15 is 0 Å². The van der Waals surface area contributed by atoms with Crippen molar-refractivity contribution in [1.82, 2.24) is 40.8 Å². The number of carboxylic acid groups (broad SMARTS) is 1. The molecule has 2 aliphatic heterocycles. The number of hydrogen-bond acceptors (Lipinski definition) is 8. The summed E-state index contributed by atoms with van der Waals surface area (Å²) in [4.78, 5) is 45.0. The van der Waals surface area contributed by atoms with E-state index in [4.69, 9.17) is 9.90 Å². The van der Waals surface area contributed by atoms with Crippen LogP contribution in [0.4, 0.5) is 0 Å². The molecule has 2 fully saturated rings. The van der Waals surface area contributed by atoms with E-state index in [1.54, 1.807) is 12.4 Å². The summed E-state index contributed by atoms with van der Waals surface area (Å²) in [6.45, 7) is 4.65. The van der Waals surface area contributed by atoms with Gasteiger partial charge >= 0.3 is 0 Å². The second-order valence-corrected chi connectivity index (χ2v) is 9.17. The van der Waals surface area contributed by atoms with Crippen molar-refractivity contribution < 1.29 is 19.5 Å².